The van der Waals surface area contributed by atoms with Gasteiger partial charge in [-0.2, -0.15) is 0 Å². The van der Waals surface area contributed by atoms with E-state index in [1.807, 2.05) is 48.7 Å². The average molecular weight is 395 g/mol. The summed E-state index contributed by atoms with van der Waals surface area (Å²) in [7, 11) is 0. The number of hydrogen-bond donors (Lipinski definition) is 1. The summed E-state index contributed by atoms with van der Waals surface area (Å²) in [5.41, 5.74) is 2.97. The number of amides is 2. The first-order chi connectivity index (χ1) is 13.0. The standard InChI is InChI=1S/C21H15ClN2O2S/c1-13-4-2-5-15(12-13)23-19-18(17-6-3-11-27-17)20(25)24(21(19)26)16-9-7-14(22)8-10-16/h2-12,23H,1H3. The lowest BCUT2D eigenvalue weighted by Gasteiger charge is -2.15. The van der Waals surface area contributed by atoms with Crippen molar-refractivity contribution in [3.05, 3.63) is 87.2 Å². The zero-order valence-corrected chi connectivity index (χ0v) is 16.0. The second-order valence-corrected chi connectivity index (χ2v) is 7.53. The minimum Gasteiger partial charge on any atom is -0.350 e. The lowest BCUT2D eigenvalue weighted by atomic mass is 10.1. The highest BCUT2D eigenvalue weighted by Gasteiger charge is 2.40. The fourth-order valence-corrected chi connectivity index (χ4v) is 3.88. The van der Waals surface area contributed by atoms with E-state index in [1.54, 1.807) is 24.3 Å². The van der Waals surface area contributed by atoms with Gasteiger partial charge in [0.05, 0.1) is 11.3 Å². The van der Waals surface area contributed by atoms with E-state index in [0.717, 1.165) is 16.1 Å². The minimum absolute atomic E-state index is 0.281. The predicted octanol–water partition coefficient (Wildman–Crippen LogP) is 5.11. The number of carbonyl (C=O) groups is 2. The molecular weight excluding hydrogens is 380 g/mol. The van der Waals surface area contributed by atoms with Gasteiger partial charge in [0.25, 0.3) is 11.8 Å². The highest BCUT2D eigenvalue weighted by molar-refractivity contribution is 7.11. The summed E-state index contributed by atoms with van der Waals surface area (Å²) in [4.78, 5) is 28.2. The Balaban J connectivity index is 1.79. The number of rotatable bonds is 4. The third kappa shape index (κ3) is 3.27. The maximum Gasteiger partial charge on any atom is 0.282 e. The second kappa shape index (κ2) is 7.02. The van der Waals surface area contributed by atoms with Gasteiger partial charge >= 0.3 is 0 Å². The normalized spacial score (nSPS) is 14.2. The van der Waals surface area contributed by atoms with E-state index in [-0.39, 0.29) is 17.5 Å². The number of imide groups is 1. The second-order valence-electron chi connectivity index (χ2n) is 6.14. The number of carbonyl (C=O) groups excluding carboxylic acids is 2. The summed E-state index contributed by atoms with van der Waals surface area (Å²) in [5, 5.41) is 5.59. The predicted molar refractivity (Wildman–Crippen MR) is 110 cm³/mol. The molecule has 0 radical (unpaired) electrons. The van der Waals surface area contributed by atoms with E-state index < -0.39 is 0 Å². The SMILES string of the molecule is Cc1cccc(NC2=C(c3cccs3)C(=O)N(c3ccc(Cl)cc3)C2=O)c1. The molecule has 0 unspecified atom stereocenters. The largest absolute Gasteiger partial charge is 0.350 e. The molecule has 3 aromatic rings. The maximum atomic E-state index is 13.2. The van der Waals surface area contributed by atoms with Gasteiger partial charge in [0, 0.05) is 15.6 Å². The highest BCUT2D eigenvalue weighted by Crippen LogP contribution is 2.35. The summed E-state index contributed by atoms with van der Waals surface area (Å²) in [5.74, 6) is -0.729. The minimum atomic E-state index is -0.382. The topological polar surface area (TPSA) is 49.4 Å². The maximum absolute atomic E-state index is 13.2. The van der Waals surface area contributed by atoms with Crippen molar-refractivity contribution in [2.75, 3.05) is 10.2 Å². The molecule has 1 N–H and O–H groups in total. The Morgan fingerprint density at radius 1 is 0.963 bits per heavy atom. The fraction of sp³-hybridized carbons (Fsp3) is 0.0476. The Hall–Kier alpha value is -2.89. The Morgan fingerprint density at radius 2 is 1.74 bits per heavy atom. The monoisotopic (exact) mass is 394 g/mol. The van der Waals surface area contributed by atoms with Crippen LogP contribution in [-0.2, 0) is 9.59 Å². The molecule has 134 valence electrons. The Bertz CT molecular complexity index is 1060. The van der Waals surface area contributed by atoms with Crippen LogP contribution in [0, 0.1) is 6.92 Å². The fourth-order valence-electron chi connectivity index (χ4n) is 2.99. The van der Waals surface area contributed by atoms with Gasteiger partial charge in [0.1, 0.15) is 5.70 Å². The Labute approximate surface area is 165 Å². The van der Waals surface area contributed by atoms with Crippen LogP contribution < -0.4 is 10.2 Å². The van der Waals surface area contributed by atoms with Crippen molar-refractivity contribution in [2.24, 2.45) is 0 Å². The number of aryl methyl sites for hydroxylation is 1. The number of benzene rings is 2. The quantitative estimate of drug-likeness (QED) is 0.626. The molecule has 1 aliphatic rings. The van der Waals surface area contributed by atoms with E-state index >= 15 is 0 Å². The van der Waals surface area contributed by atoms with Crippen molar-refractivity contribution in [2.45, 2.75) is 6.92 Å². The number of anilines is 2. The summed E-state index contributed by atoms with van der Waals surface area (Å²) >= 11 is 7.37. The lowest BCUT2D eigenvalue weighted by Crippen LogP contribution is -2.32. The van der Waals surface area contributed by atoms with Crippen LogP contribution in [0.2, 0.25) is 5.02 Å². The number of nitrogens with zero attached hydrogens (tertiary/aromatic N) is 1. The smallest absolute Gasteiger partial charge is 0.282 e. The van der Waals surface area contributed by atoms with Crippen LogP contribution in [0.5, 0.6) is 0 Å². The molecule has 4 rings (SSSR count). The molecule has 0 saturated heterocycles. The molecule has 1 aromatic heterocycles. The Morgan fingerprint density at radius 3 is 2.41 bits per heavy atom. The first-order valence-electron chi connectivity index (χ1n) is 8.31. The number of halogens is 1. The molecule has 1 aliphatic heterocycles. The van der Waals surface area contributed by atoms with Crippen molar-refractivity contribution in [3.63, 3.8) is 0 Å². The van der Waals surface area contributed by atoms with Gasteiger partial charge in [-0.1, -0.05) is 29.8 Å². The van der Waals surface area contributed by atoms with Crippen molar-refractivity contribution in [3.8, 4) is 0 Å². The van der Waals surface area contributed by atoms with E-state index in [1.165, 1.54) is 16.2 Å². The van der Waals surface area contributed by atoms with Gasteiger partial charge in [0.2, 0.25) is 0 Å². The van der Waals surface area contributed by atoms with Crippen molar-refractivity contribution >= 4 is 51.7 Å². The zero-order valence-electron chi connectivity index (χ0n) is 14.4. The van der Waals surface area contributed by atoms with Crippen LogP contribution in [0.25, 0.3) is 5.57 Å². The number of thiophene rings is 1. The van der Waals surface area contributed by atoms with Crippen molar-refractivity contribution in [1.82, 2.24) is 0 Å². The van der Waals surface area contributed by atoms with Gasteiger partial charge in [0.15, 0.2) is 0 Å². The van der Waals surface area contributed by atoms with Crippen LogP contribution in [0.1, 0.15) is 10.4 Å². The molecule has 0 saturated carbocycles. The lowest BCUT2D eigenvalue weighted by molar-refractivity contribution is -0.120. The van der Waals surface area contributed by atoms with Crippen LogP contribution in [0.4, 0.5) is 11.4 Å². The highest BCUT2D eigenvalue weighted by atomic mass is 35.5. The average Bonchev–Trinajstić information content (AvgIpc) is 3.24. The van der Waals surface area contributed by atoms with Crippen molar-refractivity contribution in [1.29, 1.82) is 0 Å². The molecule has 2 amide bonds. The van der Waals surface area contributed by atoms with Gasteiger partial charge < -0.3 is 5.32 Å². The molecule has 2 heterocycles. The van der Waals surface area contributed by atoms with Crippen LogP contribution in [0.3, 0.4) is 0 Å². The third-order valence-electron chi connectivity index (χ3n) is 4.22. The molecule has 0 fully saturated rings. The van der Waals surface area contributed by atoms with Crippen LogP contribution in [-0.4, -0.2) is 11.8 Å². The van der Waals surface area contributed by atoms with Gasteiger partial charge in [-0.3, -0.25) is 9.59 Å². The van der Waals surface area contributed by atoms with Crippen molar-refractivity contribution < 1.29 is 9.59 Å². The summed E-state index contributed by atoms with van der Waals surface area (Å²) < 4.78 is 0. The van der Waals surface area contributed by atoms with E-state index in [4.69, 9.17) is 11.6 Å². The third-order valence-corrected chi connectivity index (χ3v) is 5.36. The summed E-state index contributed by atoms with van der Waals surface area (Å²) in [6.45, 7) is 1.97. The first kappa shape index (κ1) is 17.5. The number of hydrogen-bond acceptors (Lipinski definition) is 4. The van der Waals surface area contributed by atoms with E-state index in [0.29, 0.717) is 16.3 Å². The zero-order chi connectivity index (χ0) is 19.0. The summed E-state index contributed by atoms with van der Waals surface area (Å²) in [6.07, 6.45) is 0. The molecule has 27 heavy (non-hydrogen) atoms. The molecule has 6 heteroatoms. The van der Waals surface area contributed by atoms with E-state index in [2.05, 4.69) is 5.32 Å². The van der Waals surface area contributed by atoms with E-state index in [9.17, 15) is 9.59 Å². The van der Waals surface area contributed by atoms with Crippen LogP contribution >= 0.6 is 22.9 Å². The molecule has 2 aromatic carbocycles. The van der Waals surface area contributed by atoms with Gasteiger partial charge in [-0.25, -0.2) is 4.90 Å². The molecule has 0 aliphatic carbocycles. The number of nitrogens with one attached hydrogen (secondary N) is 1. The molecule has 0 atom stereocenters. The summed E-state index contributed by atoms with van der Waals surface area (Å²) in [6, 6.07) is 18.0. The van der Waals surface area contributed by atoms with Gasteiger partial charge in [-0.05, 0) is 60.3 Å². The van der Waals surface area contributed by atoms with Gasteiger partial charge in [-0.15, -0.1) is 11.3 Å². The molecule has 0 spiro atoms. The molecule has 0 bridgehead atoms. The molecular formula is C21H15ClN2O2S. The van der Waals surface area contributed by atoms with Crippen LogP contribution in [0.15, 0.2) is 71.7 Å². The Kier molecular flexibility index (Phi) is 4.56. The first-order valence-corrected chi connectivity index (χ1v) is 9.56. The molecule has 4 nitrogen and oxygen atoms in total.